The monoisotopic (exact) mass is 433 g/mol. The standard InChI is InChI=1S/C24H27N5OS/c1-3-28-15-8-12-20(28)23-22(19-11-6-7-14-25-19)27-24(31)29(23)16-13-21(30)26-18-10-5-4-9-17(18)2/h4-12,14-15,22-23H,3,13,16H2,1-2H3,(H,26,30)(H,27,31). The van der Waals surface area contributed by atoms with Crippen molar-refractivity contribution in [3.8, 4) is 0 Å². The van der Waals surface area contributed by atoms with Crippen LogP contribution in [0.3, 0.4) is 0 Å². The highest BCUT2D eigenvalue weighted by molar-refractivity contribution is 7.80. The molecule has 2 aromatic heterocycles. The average Bonchev–Trinajstić information content (AvgIpc) is 3.38. The Morgan fingerprint density at radius 3 is 2.71 bits per heavy atom. The minimum absolute atomic E-state index is 0.0250. The van der Waals surface area contributed by atoms with E-state index in [0.717, 1.165) is 29.2 Å². The number of nitrogens with one attached hydrogen (secondary N) is 2. The normalized spacial score (nSPS) is 18.1. The number of para-hydroxylation sites is 1. The zero-order valence-corrected chi connectivity index (χ0v) is 18.6. The Labute approximate surface area is 188 Å². The van der Waals surface area contributed by atoms with Crippen molar-refractivity contribution >= 4 is 28.9 Å². The summed E-state index contributed by atoms with van der Waals surface area (Å²) in [6.07, 6.45) is 4.22. The molecular formula is C24H27N5OS. The number of nitrogens with zero attached hydrogens (tertiary/aromatic N) is 3. The number of pyridine rings is 1. The van der Waals surface area contributed by atoms with Crippen molar-refractivity contribution < 1.29 is 4.79 Å². The van der Waals surface area contributed by atoms with Crippen molar-refractivity contribution in [2.75, 3.05) is 11.9 Å². The van der Waals surface area contributed by atoms with Crippen LogP contribution in [-0.4, -0.2) is 32.0 Å². The van der Waals surface area contributed by atoms with Gasteiger partial charge in [-0.3, -0.25) is 9.78 Å². The summed E-state index contributed by atoms with van der Waals surface area (Å²) in [5.41, 5.74) is 3.98. The van der Waals surface area contributed by atoms with Gasteiger partial charge in [0.25, 0.3) is 0 Å². The molecule has 2 unspecified atom stereocenters. The van der Waals surface area contributed by atoms with Gasteiger partial charge in [-0.1, -0.05) is 24.3 Å². The highest BCUT2D eigenvalue weighted by atomic mass is 32.1. The summed E-state index contributed by atoms with van der Waals surface area (Å²) in [6.45, 7) is 5.50. The van der Waals surface area contributed by atoms with E-state index in [1.807, 2.05) is 49.4 Å². The predicted molar refractivity (Wildman–Crippen MR) is 127 cm³/mol. The summed E-state index contributed by atoms with van der Waals surface area (Å²) in [5, 5.41) is 7.11. The summed E-state index contributed by atoms with van der Waals surface area (Å²) in [4.78, 5) is 19.4. The van der Waals surface area contributed by atoms with Gasteiger partial charge in [0.1, 0.15) is 0 Å². The first-order chi connectivity index (χ1) is 15.1. The Bertz CT molecular complexity index is 1060. The van der Waals surface area contributed by atoms with Crippen LogP contribution >= 0.6 is 12.2 Å². The molecule has 1 saturated heterocycles. The Balaban J connectivity index is 1.55. The van der Waals surface area contributed by atoms with Crippen molar-refractivity contribution in [2.24, 2.45) is 0 Å². The van der Waals surface area contributed by atoms with Gasteiger partial charge in [-0.2, -0.15) is 0 Å². The molecule has 1 aliphatic heterocycles. The average molecular weight is 434 g/mol. The molecule has 3 heterocycles. The van der Waals surface area contributed by atoms with Gasteiger partial charge in [-0.05, 0) is 62.0 Å². The molecule has 1 amide bonds. The lowest BCUT2D eigenvalue weighted by Gasteiger charge is -2.28. The number of benzene rings is 1. The van der Waals surface area contributed by atoms with Gasteiger partial charge in [0.2, 0.25) is 5.91 Å². The second-order valence-electron chi connectivity index (χ2n) is 7.65. The number of anilines is 1. The molecule has 0 radical (unpaired) electrons. The van der Waals surface area contributed by atoms with E-state index in [-0.39, 0.29) is 18.0 Å². The quantitative estimate of drug-likeness (QED) is 0.547. The van der Waals surface area contributed by atoms with E-state index in [0.29, 0.717) is 18.1 Å². The van der Waals surface area contributed by atoms with E-state index in [4.69, 9.17) is 12.2 Å². The number of hydrogen-bond donors (Lipinski definition) is 2. The maximum atomic E-state index is 12.7. The van der Waals surface area contributed by atoms with Crippen LogP contribution in [-0.2, 0) is 11.3 Å². The molecule has 31 heavy (non-hydrogen) atoms. The third kappa shape index (κ3) is 4.46. The molecule has 0 bridgehead atoms. The van der Waals surface area contributed by atoms with Crippen LogP contribution in [0.15, 0.2) is 67.0 Å². The van der Waals surface area contributed by atoms with Gasteiger partial charge in [-0.15, -0.1) is 0 Å². The number of amides is 1. The van der Waals surface area contributed by atoms with E-state index in [1.165, 1.54) is 0 Å². The second-order valence-corrected chi connectivity index (χ2v) is 8.04. The second kappa shape index (κ2) is 9.31. The number of aryl methyl sites for hydroxylation is 2. The zero-order chi connectivity index (χ0) is 21.8. The van der Waals surface area contributed by atoms with E-state index in [2.05, 4.69) is 50.3 Å². The van der Waals surface area contributed by atoms with Crippen LogP contribution in [0.2, 0.25) is 0 Å². The molecule has 0 spiro atoms. The van der Waals surface area contributed by atoms with Crippen molar-refractivity contribution in [2.45, 2.75) is 38.9 Å². The number of carbonyl (C=O) groups is 1. The summed E-state index contributed by atoms with van der Waals surface area (Å²) in [7, 11) is 0. The Kier molecular flexibility index (Phi) is 6.32. The molecule has 0 aliphatic carbocycles. The third-order valence-electron chi connectivity index (χ3n) is 5.71. The van der Waals surface area contributed by atoms with Gasteiger partial charge in [0.15, 0.2) is 5.11 Å². The zero-order valence-electron chi connectivity index (χ0n) is 17.8. The lowest BCUT2D eigenvalue weighted by Crippen LogP contribution is -2.33. The first-order valence-corrected chi connectivity index (χ1v) is 11.0. The van der Waals surface area contributed by atoms with Crippen LogP contribution < -0.4 is 10.6 Å². The minimum atomic E-state index is -0.0756. The molecular weight excluding hydrogens is 406 g/mol. The number of aromatic nitrogens is 2. The van der Waals surface area contributed by atoms with E-state index < -0.39 is 0 Å². The van der Waals surface area contributed by atoms with E-state index >= 15 is 0 Å². The number of carbonyl (C=O) groups excluding carboxylic acids is 1. The maximum absolute atomic E-state index is 12.7. The molecule has 7 heteroatoms. The highest BCUT2D eigenvalue weighted by Crippen LogP contribution is 2.38. The number of thiocarbonyl (C=S) groups is 1. The lowest BCUT2D eigenvalue weighted by molar-refractivity contribution is -0.116. The molecule has 1 aromatic carbocycles. The third-order valence-corrected chi connectivity index (χ3v) is 6.06. The van der Waals surface area contributed by atoms with Crippen molar-refractivity contribution in [3.63, 3.8) is 0 Å². The molecule has 160 valence electrons. The first kappa shape index (κ1) is 21.1. The Morgan fingerprint density at radius 1 is 1.16 bits per heavy atom. The van der Waals surface area contributed by atoms with Crippen LogP contribution in [0, 0.1) is 6.92 Å². The van der Waals surface area contributed by atoms with E-state index in [1.54, 1.807) is 6.20 Å². The summed E-state index contributed by atoms with van der Waals surface area (Å²) >= 11 is 5.70. The number of hydrogen-bond acceptors (Lipinski definition) is 3. The Hall–Kier alpha value is -3.19. The van der Waals surface area contributed by atoms with Crippen molar-refractivity contribution in [3.05, 3.63) is 83.9 Å². The minimum Gasteiger partial charge on any atom is -0.352 e. The smallest absolute Gasteiger partial charge is 0.226 e. The molecule has 4 rings (SSSR count). The fraction of sp³-hybridized carbons (Fsp3) is 0.292. The maximum Gasteiger partial charge on any atom is 0.226 e. The van der Waals surface area contributed by atoms with Gasteiger partial charge < -0.3 is 20.1 Å². The van der Waals surface area contributed by atoms with Gasteiger partial charge in [-0.25, -0.2) is 0 Å². The topological polar surface area (TPSA) is 62.2 Å². The predicted octanol–water partition coefficient (Wildman–Crippen LogP) is 4.21. The number of rotatable bonds is 7. The van der Waals surface area contributed by atoms with Gasteiger partial charge in [0.05, 0.1) is 17.8 Å². The fourth-order valence-corrected chi connectivity index (χ4v) is 4.43. The summed E-state index contributed by atoms with van der Waals surface area (Å²) in [5.74, 6) is -0.0250. The fourth-order valence-electron chi connectivity index (χ4n) is 4.10. The lowest BCUT2D eigenvalue weighted by atomic mass is 10.0. The van der Waals surface area contributed by atoms with Crippen LogP contribution in [0.4, 0.5) is 5.69 Å². The summed E-state index contributed by atoms with van der Waals surface area (Å²) in [6, 6.07) is 17.8. The first-order valence-electron chi connectivity index (χ1n) is 10.6. The van der Waals surface area contributed by atoms with Gasteiger partial charge >= 0.3 is 0 Å². The van der Waals surface area contributed by atoms with Crippen molar-refractivity contribution in [1.29, 1.82) is 0 Å². The molecule has 2 atom stereocenters. The molecule has 3 aromatic rings. The molecule has 1 aliphatic rings. The van der Waals surface area contributed by atoms with Crippen LogP contribution in [0.25, 0.3) is 0 Å². The highest BCUT2D eigenvalue weighted by Gasteiger charge is 2.40. The molecule has 1 fully saturated rings. The largest absolute Gasteiger partial charge is 0.352 e. The molecule has 6 nitrogen and oxygen atoms in total. The SMILES string of the molecule is CCn1cccc1C1C(c2ccccn2)NC(=S)N1CCC(=O)Nc1ccccc1C. The Morgan fingerprint density at radius 2 is 1.97 bits per heavy atom. The van der Waals surface area contributed by atoms with Gasteiger partial charge in [0, 0.05) is 43.3 Å². The van der Waals surface area contributed by atoms with Crippen LogP contribution in [0.5, 0.6) is 0 Å². The van der Waals surface area contributed by atoms with E-state index in [9.17, 15) is 4.79 Å². The molecule has 2 N–H and O–H groups in total. The van der Waals surface area contributed by atoms with Crippen molar-refractivity contribution in [1.82, 2.24) is 19.8 Å². The summed E-state index contributed by atoms with van der Waals surface area (Å²) < 4.78 is 2.22. The molecule has 0 saturated carbocycles. The van der Waals surface area contributed by atoms with Crippen LogP contribution in [0.1, 0.15) is 42.4 Å².